The molecule has 2 amide bonds. The van der Waals surface area contributed by atoms with E-state index >= 15 is 0 Å². The Balaban J connectivity index is 1.80. The highest BCUT2D eigenvalue weighted by molar-refractivity contribution is 6.30. The normalized spacial score (nSPS) is 16.6. The number of rotatable bonds is 4. The van der Waals surface area contributed by atoms with E-state index in [9.17, 15) is 4.79 Å². The Labute approximate surface area is 152 Å². The van der Waals surface area contributed by atoms with Crippen LogP contribution in [0, 0.1) is 0 Å². The molecule has 1 atom stereocenters. The smallest absolute Gasteiger partial charge is 0.322 e. The maximum Gasteiger partial charge on any atom is 0.322 e. The van der Waals surface area contributed by atoms with Gasteiger partial charge in [0.2, 0.25) is 0 Å². The highest BCUT2D eigenvalue weighted by Crippen LogP contribution is 2.38. The molecule has 2 aromatic carbocycles. The van der Waals surface area contributed by atoms with Crippen LogP contribution in [0.2, 0.25) is 5.02 Å². The van der Waals surface area contributed by atoms with Crippen LogP contribution in [0.4, 0.5) is 10.5 Å². The first-order chi connectivity index (χ1) is 12.1. The molecule has 0 spiro atoms. The number of amides is 2. The number of ether oxygens (including phenoxy) is 2. The Morgan fingerprint density at radius 2 is 1.92 bits per heavy atom. The monoisotopic (exact) mass is 360 g/mol. The molecule has 1 aliphatic rings. The number of hydrogen-bond acceptors (Lipinski definition) is 3. The van der Waals surface area contributed by atoms with Crippen molar-refractivity contribution < 1.29 is 14.3 Å². The third-order valence-corrected chi connectivity index (χ3v) is 4.66. The molecule has 1 saturated heterocycles. The maximum atomic E-state index is 12.7. The van der Waals surface area contributed by atoms with Crippen molar-refractivity contribution >= 4 is 23.3 Å². The van der Waals surface area contributed by atoms with Crippen LogP contribution in [0.5, 0.6) is 11.5 Å². The zero-order valence-electron chi connectivity index (χ0n) is 14.3. The first-order valence-corrected chi connectivity index (χ1v) is 8.55. The van der Waals surface area contributed by atoms with Crippen LogP contribution in [-0.4, -0.2) is 31.7 Å². The molecule has 1 heterocycles. The molecule has 25 heavy (non-hydrogen) atoms. The third-order valence-electron chi connectivity index (χ3n) is 4.41. The molecule has 0 bridgehead atoms. The summed E-state index contributed by atoms with van der Waals surface area (Å²) in [6, 6.07) is 12.7. The Kier molecular flexibility index (Phi) is 5.34. The van der Waals surface area contributed by atoms with Crippen molar-refractivity contribution in [2.75, 3.05) is 26.1 Å². The Morgan fingerprint density at radius 3 is 2.60 bits per heavy atom. The lowest BCUT2D eigenvalue weighted by Crippen LogP contribution is -2.34. The summed E-state index contributed by atoms with van der Waals surface area (Å²) in [5, 5.41) is 3.57. The molecule has 0 aromatic heterocycles. The minimum Gasteiger partial charge on any atom is -0.497 e. The van der Waals surface area contributed by atoms with Crippen LogP contribution in [0.25, 0.3) is 0 Å². The number of halogens is 1. The molecule has 0 saturated carbocycles. The van der Waals surface area contributed by atoms with Gasteiger partial charge in [-0.2, -0.15) is 0 Å². The van der Waals surface area contributed by atoms with Crippen LogP contribution in [0.3, 0.4) is 0 Å². The fourth-order valence-electron chi connectivity index (χ4n) is 3.16. The average molecular weight is 361 g/mol. The van der Waals surface area contributed by atoms with E-state index in [1.54, 1.807) is 38.5 Å². The molecule has 6 heteroatoms. The molecule has 1 N–H and O–H groups in total. The summed E-state index contributed by atoms with van der Waals surface area (Å²) in [5.74, 6) is 1.46. The Morgan fingerprint density at radius 1 is 1.16 bits per heavy atom. The number of nitrogens with one attached hydrogen (secondary N) is 1. The number of hydrogen-bond donors (Lipinski definition) is 1. The molecule has 0 aliphatic carbocycles. The largest absolute Gasteiger partial charge is 0.497 e. The summed E-state index contributed by atoms with van der Waals surface area (Å²) in [4.78, 5) is 14.6. The molecule has 0 radical (unpaired) electrons. The van der Waals surface area contributed by atoms with E-state index < -0.39 is 0 Å². The van der Waals surface area contributed by atoms with Crippen LogP contribution >= 0.6 is 11.6 Å². The lowest BCUT2D eigenvalue weighted by atomic mass is 10.0. The summed E-state index contributed by atoms with van der Waals surface area (Å²) in [6.45, 7) is 0.708. The van der Waals surface area contributed by atoms with Crippen LogP contribution < -0.4 is 14.8 Å². The lowest BCUT2D eigenvalue weighted by Gasteiger charge is -2.26. The standard InChI is InChI=1S/C19H21ClN2O3/c1-24-15-9-10-16(18(12-15)25-2)17-4-3-11-22(17)19(23)21-14-7-5-13(20)6-8-14/h5-10,12,17H,3-4,11H2,1-2H3,(H,21,23)/t17-/m1/s1. The predicted molar refractivity (Wildman–Crippen MR) is 98.7 cm³/mol. The molecule has 1 aliphatic heterocycles. The quantitative estimate of drug-likeness (QED) is 0.857. The number of carbonyl (C=O) groups excluding carboxylic acids is 1. The summed E-state index contributed by atoms with van der Waals surface area (Å²) in [5.41, 5.74) is 1.72. The van der Waals surface area contributed by atoms with Crippen LogP contribution in [-0.2, 0) is 0 Å². The molecule has 2 aromatic rings. The molecule has 1 fully saturated rings. The van der Waals surface area contributed by atoms with Crippen molar-refractivity contribution in [2.24, 2.45) is 0 Å². The van der Waals surface area contributed by atoms with E-state index in [2.05, 4.69) is 5.32 Å². The van der Waals surface area contributed by atoms with Gasteiger partial charge in [0, 0.05) is 28.9 Å². The number of carbonyl (C=O) groups is 1. The molecule has 132 valence electrons. The summed E-state index contributed by atoms with van der Waals surface area (Å²) in [7, 11) is 3.25. The summed E-state index contributed by atoms with van der Waals surface area (Å²) >= 11 is 5.89. The fraction of sp³-hybridized carbons (Fsp3) is 0.316. The predicted octanol–water partition coefficient (Wildman–Crippen LogP) is 4.73. The van der Waals surface area contributed by atoms with Gasteiger partial charge in [-0.05, 0) is 49.2 Å². The summed E-state index contributed by atoms with van der Waals surface area (Å²) < 4.78 is 10.8. The van der Waals surface area contributed by atoms with Crippen molar-refractivity contribution in [1.29, 1.82) is 0 Å². The number of benzene rings is 2. The van der Waals surface area contributed by atoms with Crippen LogP contribution in [0.1, 0.15) is 24.4 Å². The zero-order chi connectivity index (χ0) is 17.8. The number of anilines is 1. The van der Waals surface area contributed by atoms with Crippen molar-refractivity contribution in [2.45, 2.75) is 18.9 Å². The molecule has 0 unspecified atom stereocenters. The first-order valence-electron chi connectivity index (χ1n) is 8.17. The van der Waals surface area contributed by atoms with Crippen molar-refractivity contribution in [3.63, 3.8) is 0 Å². The van der Waals surface area contributed by atoms with Gasteiger partial charge in [0.1, 0.15) is 11.5 Å². The van der Waals surface area contributed by atoms with Gasteiger partial charge in [0.25, 0.3) is 0 Å². The number of likely N-dealkylation sites (tertiary alicyclic amines) is 1. The molecular formula is C19H21ClN2O3. The number of nitrogens with zero attached hydrogens (tertiary/aromatic N) is 1. The average Bonchev–Trinajstić information content (AvgIpc) is 3.12. The summed E-state index contributed by atoms with van der Waals surface area (Å²) in [6.07, 6.45) is 1.85. The van der Waals surface area contributed by atoms with Crippen molar-refractivity contribution in [3.05, 3.63) is 53.1 Å². The second-order valence-corrected chi connectivity index (χ2v) is 6.33. The first kappa shape index (κ1) is 17.4. The van der Waals surface area contributed by atoms with Gasteiger partial charge >= 0.3 is 6.03 Å². The van der Waals surface area contributed by atoms with Gasteiger partial charge in [0.15, 0.2) is 0 Å². The Hall–Kier alpha value is -2.40. The van der Waals surface area contributed by atoms with Gasteiger partial charge in [-0.3, -0.25) is 0 Å². The van der Waals surface area contributed by atoms with Crippen molar-refractivity contribution in [3.8, 4) is 11.5 Å². The van der Waals surface area contributed by atoms with Crippen LogP contribution in [0.15, 0.2) is 42.5 Å². The second-order valence-electron chi connectivity index (χ2n) is 5.90. The van der Waals surface area contributed by atoms with Crippen molar-refractivity contribution in [1.82, 2.24) is 4.90 Å². The van der Waals surface area contributed by atoms with Gasteiger partial charge in [-0.15, -0.1) is 0 Å². The highest BCUT2D eigenvalue weighted by Gasteiger charge is 2.32. The minimum atomic E-state index is -0.123. The molecule has 5 nitrogen and oxygen atoms in total. The minimum absolute atomic E-state index is 0.0202. The zero-order valence-corrected chi connectivity index (χ0v) is 15.0. The third kappa shape index (κ3) is 3.82. The molecular weight excluding hydrogens is 340 g/mol. The number of methoxy groups -OCH3 is 2. The highest BCUT2D eigenvalue weighted by atomic mass is 35.5. The number of urea groups is 1. The molecule has 3 rings (SSSR count). The van der Waals surface area contributed by atoms with E-state index in [0.29, 0.717) is 11.6 Å². The van der Waals surface area contributed by atoms with E-state index in [4.69, 9.17) is 21.1 Å². The maximum absolute atomic E-state index is 12.7. The van der Waals surface area contributed by atoms with E-state index in [-0.39, 0.29) is 12.1 Å². The Bertz CT molecular complexity index is 749. The second kappa shape index (κ2) is 7.66. The lowest BCUT2D eigenvalue weighted by molar-refractivity contribution is 0.206. The van der Waals surface area contributed by atoms with Gasteiger partial charge in [-0.25, -0.2) is 4.79 Å². The van der Waals surface area contributed by atoms with E-state index in [1.165, 1.54) is 0 Å². The van der Waals surface area contributed by atoms with E-state index in [1.807, 2.05) is 23.1 Å². The SMILES string of the molecule is COc1ccc([C@H]2CCCN2C(=O)Nc2ccc(Cl)cc2)c(OC)c1. The van der Waals surface area contributed by atoms with Gasteiger partial charge < -0.3 is 19.7 Å². The van der Waals surface area contributed by atoms with Gasteiger partial charge in [-0.1, -0.05) is 11.6 Å². The van der Waals surface area contributed by atoms with E-state index in [0.717, 1.165) is 35.6 Å². The topological polar surface area (TPSA) is 50.8 Å². The van der Waals surface area contributed by atoms with Gasteiger partial charge in [0.05, 0.1) is 20.3 Å². The fourth-order valence-corrected chi connectivity index (χ4v) is 3.28.